The van der Waals surface area contributed by atoms with Crippen molar-refractivity contribution in [3.63, 3.8) is 0 Å². The number of benzene rings is 1. The van der Waals surface area contributed by atoms with E-state index >= 15 is 0 Å². The number of nitrogens with one attached hydrogen (secondary N) is 1. The molecule has 1 amide bonds. The first-order chi connectivity index (χ1) is 11.5. The quantitative estimate of drug-likeness (QED) is 0.743. The average Bonchev–Trinajstić information content (AvgIpc) is 2.94. The third-order valence-electron chi connectivity index (χ3n) is 3.18. The number of amides is 1. The number of carbonyl (C=O) groups is 1. The minimum Gasteiger partial charge on any atom is -0.447 e. The molecule has 0 saturated heterocycles. The lowest BCUT2D eigenvalue weighted by Crippen LogP contribution is -2.13. The van der Waals surface area contributed by atoms with Crippen LogP contribution in [0.3, 0.4) is 0 Å². The van der Waals surface area contributed by atoms with E-state index in [1.165, 1.54) is 23.5 Å². The van der Waals surface area contributed by atoms with Gasteiger partial charge < -0.3 is 15.8 Å². The number of halogens is 1. The number of aryl methyl sites for hydroxylation is 1. The molecule has 0 fully saturated rings. The monoisotopic (exact) mass is 343 g/mol. The van der Waals surface area contributed by atoms with Gasteiger partial charge in [-0.1, -0.05) is 17.4 Å². The number of nitrogens with two attached hydrogens (primary N) is 1. The van der Waals surface area contributed by atoms with E-state index < -0.39 is 0 Å². The summed E-state index contributed by atoms with van der Waals surface area (Å²) in [6, 6.07) is 12.5. The molecule has 0 radical (unpaired) electrons. The van der Waals surface area contributed by atoms with Crippen LogP contribution in [0.25, 0.3) is 0 Å². The topological polar surface area (TPSA) is 77.2 Å². The van der Waals surface area contributed by atoms with Crippen LogP contribution in [0.15, 0.2) is 48.5 Å². The van der Waals surface area contributed by atoms with Crippen LogP contribution < -0.4 is 15.8 Å². The first-order valence-electron chi connectivity index (χ1n) is 7.09. The highest BCUT2D eigenvalue weighted by molar-refractivity contribution is 7.18. The smallest absolute Gasteiger partial charge is 0.258 e. The molecule has 3 N–H and O–H groups in total. The third kappa shape index (κ3) is 3.69. The van der Waals surface area contributed by atoms with Crippen molar-refractivity contribution in [2.75, 3.05) is 11.1 Å². The van der Waals surface area contributed by atoms with Crippen LogP contribution in [-0.4, -0.2) is 10.9 Å². The SMILES string of the molecule is Cc1nc(N)ccc1C(=O)Nc1ccc(Oc2cccc(F)c2)s1. The molecule has 0 aliphatic heterocycles. The summed E-state index contributed by atoms with van der Waals surface area (Å²) in [5.41, 5.74) is 6.59. The summed E-state index contributed by atoms with van der Waals surface area (Å²) in [6.45, 7) is 1.72. The molecular formula is C17H14FN3O2S. The van der Waals surface area contributed by atoms with Crippen molar-refractivity contribution in [3.8, 4) is 10.8 Å². The Morgan fingerprint density at radius 3 is 2.83 bits per heavy atom. The Morgan fingerprint density at radius 2 is 2.08 bits per heavy atom. The van der Waals surface area contributed by atoms with Crippen LogP contribution in [0.1, 0.15) is 16.1 Å². The van der Waals surface area contributed by atoms with E-state index in [1.54, 1.807) is 43.3 Å². The average molecular weight is 343 g/mol. The maximum atomic E-state index is 13.2. The van der Waals surface area contributed by atoms with Gasteiger partial charge in [-0.3, -0.25) is 4.79 Å². The molecule has 5 nitrogen and oxygen atoms in total. The maximum Gasteiger partial charge on any atom is 0.258 e. The second-order valence-corrected chi connectivity index (χ2v) is 6.05. The molecule has 0 bridgehead atoms. The fraction of sp³-hybridized carbons (Fsp3) is 0.0588. The summed E-state index contributed by atoms with van der Waals surface area (Å²) < 4.78 is 18.7. The predicted octanol–water partition coefficient (Wildman–Crippen LogP) is 4.22. The molecule has 0 aliphatic carbocycles. The zero-order valence-corrected chi connectivity index (χ0v) is 13.6. The van der Waals surface area contributed by atoms with Crippen LogP contribution in [0.5, 0.6) is 10.8 Å². The molecule has 7 heteroatoms. The fourth-order valence-corrected chi connectivity index (χ4v) is 2.86. The van der Waals surface area contributed by atoms with Crippen molar-refractivity contribution in [1.29, 1.82) is 0 Å². The first-order valence-corrected chi connectivity index (χ1v) is 7.90. The van der Waals surface area contributed by atoms with Gasteiger partial charge in [0.15, 0.2) is 5.06 Å². The van der Waals surface area contributed by atoms with Crippen LogP contribution in [0.4, 0.5) is 15.2 Å². The molecule has 2 aromatic heterocycles. The van der Waals surface area contributed by atoms with Gasteiger partial charge in [-0.25, -0.2) is 9.37 Å². The number of anilines is 2. The Hall–Kier alpha value is -2.93. The number of thiophene rings is 1. The van der Waals surface area contributed by atoms with Gasteiger partial charge in [-0.2, -0.15) is 0 Å². The molecule has 0 spiro atoms. The Bertz CT molecular complexity index is 895. The Morgan fingerprint density at radius 1 is 1.25 bits per heavy atom. The molecule has 0 unspecified atom stereocenters. The van der Waals surface area contributed by atoms with Gasteiger partial charge in [-0.15, -0.1) is 0 Å². The first kappa shape index (κ1) is 15.9. The summed E-state index contributed by atoms with van der Waals surface area (Å²) in [5, 5.41) is 3.94. The molecule has 2 heterocycles. The van der Waals surface area contributed by atoms with Gasteiger partial charge in [0.25, 0.3) is 5.91 Å². The molecule has 0 aliphatic rings. The van der Waals surface area contributed by atoms with Gasteiger partial charge in [0.05, 0.1) is 16.3 Å². The second kappa shape index (κ2) is 6.67. The molecular weight excluding hydrogens is 329 g/mol. The summed E-state index contributed by atoms with van der Waals surface area (Å²) >= 11 is 1.24. The lowest BCUT2D eigenvalue weighted by Gasteiger charge is -2.06. The lowest BCUT2D eigenvalue weighted by atomic mass is 10.2. The Labute approximate surface area is 141 Å². The van der Waals surface area contributed by atoms with Gasteiger partial charge >= 0.3 is 0 Å². The summed E-state index contributed by atoms with van der Waals surface area (Å²) in [7, 11) is 0. The predicted molar refractivity (Wildman–Crippen MR) is 92.1 cm³/mol. The lowest BCUT2D eigenvalue weighted by molar-refractivity contribution is 0.102. The molecule has 122 valence electrons. The van der Waals surface area contributed by atoms with Gasteiger partial charge in [0, 0.05) is 6.07 Å². The number of rotatable bonds is 4. The van der Waals surface area contributed by atoms with Crippen molar-refractivity contribution < 1.29 is 13.9 Å². The zero-order valence-electron chi connectivity index (χ0n) is 12.7. The van der Waals surface area contributed by atoms with E-state index in [0.717, 1.165) is 0 Å². The zero-order chi connectivity index (χ0) is 17.1. The second-order valence-electron chi connectivity index (χ2n) is 5.00. The van der Waals surface area contributed by atoms with Gasteiger partial charge in [0.1, 0.15) is 17.4 Å². The Kier molecular flexibility index (Phi) is 4.43. The van der Waals surface area contributed by atoms with Gasteiger partial charge in [-0.05, 0) is 43.3 Å². The number of aromatic nitrogens is 1. The van der Waals surface area contributed by atoms with E-state index in [1.807, 2.05) is 0 Å². The highest BCUT2D eigenvalue weighted by atomic mass is 32.1. The van der Waals surface area contributed by atoms with Crippen molar-refractivity contribution in [3.05, 3.63) is 65.6 Å². The van der Waals surface area contributed by atoms with Crippen LogP contribution in [0, 0.1) is 12.7 Å². The normalized spacial score (nSPS) is 10.4. The van der Waals surface area contributed by atoms with E-state index in [4.69, 9.17) is 10.5 Å². The largest absolute Gasteiger partial charge is 0.447 e. The number of pyridine rings is 1. The molecule has 3 rings (SSSR count). The number of nitrogen functional groups attached to an aromatic ring is 1. The van der Waals surface area contributed by atoms with Crippen molar-refractivity contribution >= 4 is 28.1 Å². The number of carbonyl (C=O) groups excluding carboxylic acids is 1. The standard InChI is InChI=1S/C17H14FN3O2S/c1-10-13(5-6-14(19)20-10)17(22)21-15-7-8-16(24-15)23-12-4-2-3-11(18)9-12/h2-9H,1H3,(H2,19,20)(H,21,22). The van der Waals surface area contributed by atoms with Crippen molar-refractivity contribution in [2.45, 2.75) is 6.92 Å². The molecule has 1 aromatic carbocycles. The number of ether oxygens (including phenoxy) is 1. The summed E-state index contributed by atoms with van der Waals surface area (Å²) in [6.07, 6.45) is 0. The molecule has 0 atom stereocenters. The summed E-state index contributed by atoms with van der Waals surface area (Å²) in [4.78, 5) is 16.3. The summed E-state index contributed by atoms with van der Waals surface area (Å²) in [5.74, 6) is 0.113. The van der Waals surface area contributed by atoms with E-state index in [0.29, 0.717) is 32.9 Å². The highest BCUT2D eigenvalue weighted by Gasteiger charge is 2.12. The fourth-order valence-electron chi connectivity index (χ4n) is 2.09. The maximum absolute atomic E-state index is 13.2. The Balaban J connectivity index is 1.70. The van der Waals surface area contributed by atoms with Gasteiger partial charge in [0.2, 0.25) is 0 Å². The number of nitrogens with zero attached hydrogens (tertiary/aromatic N) is 1. The third-order valence-corrected chi connectivity index (χ3v) is 4.06. The van der Waals surface area contributed by atoms with Crippen LogP contribution >= 0.6 is 11.3 Å². The molecule has 0 saturated carbocycles. The number of hydrogen-bond donors (Lipinski definition) is 2. The minimum absolute atomic E-state index is 0.279. The molecule has 3 aromatic rings. The number of hydrogen-bond acceptors (Lipinski definition) is 5. The van der Waals surface area contributed by atoms with Crippen LogP contribution in [-0.2, 0) is 0 Å². The minimum atomic E-state index is -0.371. The van der Waals surface area contributed by atoms with Crippen molar-refractivity contribution in [2.24, 2.45) is 0 Å². The van der Waals surface area contributed by atoms with Crippen LogP contribution in [0.2, 0.25) is 0 Å². The van der Waals surface area contributed by atoms with E-state index in [-0.39, 0.29) is 11.7 Å². The molecule has 24 heavy (non-hydrogen) atoms. The van der Waals surface area contributed by atoms with E-state index in [9.17, 15) is 9.18 Å². The highest BCUT2D eigenvalue weighted by Crippen LogP contribution is 2.33. The van der Waals surface area contributed by atoms with E-state index in [2.05, 4.69) is 10.3 Å². The van der Waals surface area contributed by atoms with Crippen molar-refractivity contribution in [1.82, 2.24) is 4.98 Å².